The molecule has 114 valence electrons. The van der Waals surface area contributed by atoms with Crippen LogP contribution in [0.25, 0.3) is 0 Å². The van der Waals surface area contributed by atoms with Crippen LogP contribution in [-0.4, -0.2) is 17.3 Å². The largest absolute Gasteiger partial charge is 0.494 e. The fraction of sp³-hybridized carbons (Fsp3) is 0.333. The molecule has 0 amide bonds. The first-order valence-electron chi connectivity index (χ1n) is 7.31. The number of benzene rings is 1. The topological polar surface area (TPSA) is 45.9 Å². The average molecular weight is 312 g/mol. The quantitative estimate of drug-likeness (QED) is 0.584. The molecule has 0 fully saturated rings. The van der Waals surface area contributed by atoms with Crippen molar-refractivity contribution < 1.29 is 4.74 Å². The SMILES string of the molecule is Cc1cccc(OCCCSc2nc(C)cc(C)c2C#N)c1. The molecule has 4 heteroatoms. The van der Waals surface area contributed by atoms with Crippen LogP contribution in [0.3, 0.4) is 0 Å². The van der Waals surface area contributed by atoms with Crippen molar-refractivity contribution in [3.05, 3.63) is 52.7 Å². The molecule has 22 heavy (non-hydrogen) atoms. The summed E-state index contributed by atoms with van der Waals surface area (Å²) in [6.07, 6.45) is 0.915. The zero-order chi connectivity index (χ0) is 15.9. The fourth-order valence-corrected chi connectivity index (χ4v) is 3.18. The molecule has 1 aromatic carbocycles. The number of nitriles is 1. The van der Waals surface area contributed by atoms with Gasteiger partial charge >= 0.3 is 0 Å². The van der Waals surface area contributed by atoms with Gasteiger partial charge < -0.3 is 4.74 Å². The highest BCUT2D eigenvalue weighted by Crippen LogP contribution is 2.24. The van der Waals surface area contributed by atoms with Gasteiger partial charge in [-0.05, 0) is 56.5 Å². The highest BCUT2D eigenvalue weighted by atomic mass is 32.2. The average Bonchev–Trinajstić information content (AvgIpc) is 2.46. The van der Waals surface area contributed by atoms with Gasteiger partial charge in [0.15, 0.2) is 0 Å². The smallest absolute Gasteiger partial charge is 0.119 e. The van der Waals surface area contributed by atoms with Crippen LogP contribution < -0.4 is 4.74 Å². The van der Waals surface area contributed by atoms with E-state index in [1.54, 1.807) is 11.8 Å². The summed E-state index contributed by atoms with van der Waals surface area (Å²) in [5.41, 5.74) is 3.84. The van der Waals surface area contributed by atoms with Crippen molar-refractivity contribution in [2.24, 2.45) is 0 Å². The minimum absolute atomic E-state index is 0.670. The lowest BCUT2D eigenvalue weighted by Gasteiger charge is -2.08. The van der Waals surface area contributed by atoms with Gasteiger partial charge in [-0.15, -0.1) is 11.8 Å². The molecule has 0 N–H and O–H groups in total. The molecular weight excluding hydrogens is 292 g/mol. The monoisotopic (exact) mass is 312 g/mol. The van der Waals surface area contributed by atoms with Crippen molar-refractivity contribution in [2.45, 2.75) is 32.2 Å². The van der Waals surface area contributed by atoms with Gasteiger partial charge in [0.05, 0.1) is 12.2 Å². The molecule has 0 saturated heterocycles. The first-order chi connectivity index (χ1) is 10.6. The van der Waals surface area contributed by atoms with Crippen molar-refractivity contribution in [1.82, 2.24) is 4.98 Å². The Bertz CT molecular complexity index is 692. The molecule has 0 atom stereocenters. The predicted molar refractivity (Wildman–Crippen MR) is 90.4 cm³/mol. The maximum atomic E-state index is 9.24. The molecule has 0 radical (unpaired) electrons. The van der Waals surface area contributed by atoms with Crippen LogP contribution in [0.2, 0.25) is 0 Å². The summed E-state index contributed by atoms with van der Waals surface area (Å²) in [5, 5.41) is 10.1. The van der Waals surface area contributed by atoms with Gasteiger partial charge in [0.1, 0.15) is 16.8 Å². The number of rotatable bonds is 6. The molecule has 3 nitrogen and oxygen atoms in total. The number of hydrogen-bond acceptors (Lipinski definition) is 4. The van der Waals surface area contributed by atoms with E-state index in [0.717, 1.165) is 34.2 Å². The van der Waals surface area contributed by atoms with Crippen molar-refractivity contribution in [2.75, 3.05) is 12.4 Å². The number of thioether (sulfide) groups is 1. The molecule has 2 aromatic rings. The molecule has 1 aromatic heterocycles. The molecule has 0 unspecified atom stereocenters. The van der Waals surface area contributed by atoms with Crippen LogP contribution in [-0.2, 0) is 0 Å². The Labute approximate surface area is 136 Å². The minimum atomic E-state index is 0.670. The van der Waals surface area contributed by atoms with Crippen molar-refractivity contribution >= 4 is 11.8 Å². The summed E-state index contributed by atoms with van der Waals surface area (Å²) < 4.78 is 5.73. The van der Waals surface area contributed by atoms with E-state index in [4.69, 9.17) is 4.74 Å². The standard InChI is InChI=1S/C18H20N2OS/c1-13-6-4-7-16(10-13)21-8-5-9-22-18-17(12-19)14(2)11-15(3)20-18/h4,6-7,10-11H,5,8-9H2,1-3H3. The molecule has 2 rings (SSSR count). The maximum absolute atomic E-state index is 9.24. The van der Waals surface area contributed by atoms with Gasteiger partial charge in [-0.2, -0.15) is 5.26 Å². The highest BCUT2D eigenvalue weighted by molar-refractivity contribution is 7.99. The lowest BCUT2D eigenvalue weighted by molar-refractivity contribution is 0.318. The van der Waals surface area contributed by atoms with Crippen LogP contribution in [0, 0.1) is 32.1 Å². The molecule has 1 heterocycles. The summed E-state index contributed by atoms with van der Waals surface area (Å²) >= 11 is 1.62. The lowest BCUT2D eigenvalue weighted by atomic mass is 10.1. The first kappa shape index (κ1) is 16.4. The Morgan fingerprint density at radius 2 is 2.05 bits per heavy atom. The van der Waals surface area contributed by atoms with Crippen LogP contribution in [0.1, 0.15) is 28.8 Å². The Hall–Kier alpha value is -1.99. The third-order valence-electron chi connectivity index (χ3n) is 3.21. The van der Waals surface area contributed by atoms with Crippen molar-refractivity contribution in [1.29, 1.82) is 5.26 Å². The van der Waals surface area contributed by atoms with E-state index in [2.05, 4.69) is 24.0 Å². The van der Waals surface area contributed by atoms with Gasteiger partial charge in [0.25, 0.3) is 0 Å². The summed E-state index contributed by atoms with van der Waals surface area (Å²) in [6.45, 7) is 6.64. The third kappa shape index (κ3) is 4.51. The van der Waals surface area contributed by atoms with E-state index in [9.17, 15) is 5.26 Å². The zero-order valence-electron chi connectivity index (χ0n) is 13.2. The minimum Gasteiger partial charge on any atom is -0.494 e. The molecule has 0 aliphatic heterocycles. The van der Waals surface area contributed by atoms with E-state index < -0.39 is 0 Å². The molecule has 0 saturated carbocycles. The second-order valence-corrected chi connectivity index (χ2v) is 6.32. The van der Waals surface area contributed by atoms with E-state index in [-0.39, 0.29) is 0 Å². The lowest BCUT2D eigenvalue weighted by Crippen LogP contribution is -2.00. The number of aryl methyl sites for hydroxylation is 3. The maximum Gasteiger partial charge on any atom is 0.119 e. The normalized spacial score (nSPS) is 10.3. The summed E-state index contributed by atoms with van der Waals surface area (Å²) in [6, 6.07) is 12.3. The molecule has 0 aliphatic carbocycles. The summed E-state index contributed by atoms with van der Waals surface area (Å²) in [7, 11) is 0. The van der Waals surface area contributed by atoms with E-state index in [1.807, 2.05) is 38.1 Å². The third-order valence-corrected chi connectivity index (χ3v) is 4.27. The van der Waals surface area contributed by atoms with Gasteiger partial charge in [0, 0.05) is 11.4 Å². The highest BCUT2D eigenvalue weighted by Gasteiger charge is 2.08. The zero-order valence-corrected chi connectivity index (χ0v) is 14.0. The van der Waals surface area contributed by atoms with Crippen LogP contribution >= 0.6 is 11.8 Å². The number of hydrogen-bond donors (Lipinski definition) is 0. The van der Waals surface area contributed by atoms with Gasteiger partial charge in [-0.1, -0.05) is 12.1 Å². The number of ether oxygens (including phenoxy) is 1. The predicted octanol–water partition coefficient (Wildman–Crippen LogP) is 4.44. The second-order valence-electron chi connectivity index (χ2n) is 5.24. The Kier molecular flexibility index (Phi) is 5.85. The van der Waals surface area contributed by atoms with E-state index in [0.29, 0.717) is 12.2 Å². The van der Waals surface area contributed by atoms with E-state index >= 15 is 0 Å². The number of pyridine rings is 1. The van der Waals surface area contributed by atoms with Crippen molar-refractivity contribution in [3.8, 4) is 11.8 Å². The van der Waals surface area contributed by atoms with Gasteiger partial charge in [-0.3, -0.25) is 0 Å². The van der Waals surface area contributed by atoms with E-state index in [1.165, 1.54) is 5.56 Å². The second kappa shape index (κ2) is 7.86. The van der Waals surface area contributed by atoms with Crippen LogP contribution in [0.15, 0.2) is 35.4 Å². The Morgan fingerprint density at radius 1 is 1.23 bits per heavy atom. The summed E-state index contributed by atoms with van der Waals surface area (Å²) in [5.74, 6) is 1.79. The Balaban J connectivity index is 1.83. The fourth-order valence-electron chi connectivity index (χ4n) is 2.17. The Morgan fingerprint density at radius 3 is 2.77 bits per heavy atom. The number of aromatic nitrogens is 1. The first-order valence-corrected chi connectivity index (χ1v) is 8.29. The number of nitrogens with zero attached hydrogens (tertiary/aromatic N) is 2. The van der Waals surface area contributed by atoms with Crippen LogP contribution in [0.4, 0.5) is 0 Å². The van der Waals surface area contributed by atoms with Gasteiger partial charge in [0.2, 0.25) is 0 Å². The summed E-state index contributed by atoms with van der Waals surface area (Å²) in [4.78, 5) is 4.47. The van der Waals surface area contributed by atoms with Gasteiger partial charge in [-0.25, -0.2) is 4.98 Å². The molecular formula is C18H20N2OS. The van der Waals surface area contributed by atoms with Crippen LogP contribution in [0.5, 0.6) is 5.75 Å². The molecule has 0 aliphatic rings. The molecule has 0 spiro atoms. The molecule has 0 bridgehead atoms. The van der Waals surface area contributed by atoms with Crippen molar-refractivity contribution in [3.63, 3.8) is 0 Å².